The molecule has 0 aliphatic heterocycles. The van der Waals surface area contributed by atoms with Crippen LogP contribution >= 0.6 is 23.2 Å². The predicted molar refractivity (Wildman–Crippen MR) is 123 cm³/mol. The number of pyridine rings is 1. The van der Waals surface area contributed by atoms with E-state index in [2.05, 4.69) is 10.3 Å². The van der Waals surface area contributed by atoms with Crippen molar-refractivity contribution in [1.29, 1.82) is 0 Å². The van der Waals surface area contributed by atoms with Gasteiger partial charge in [-0.1, -0.05) is 23.2 Å². The largest absolute Gasteiger partial charge is 0.464 e. The zero-order chi connectivity index (χ0) is 22.8. The average molecular weight is 470 g/mol. The number of ether oxygens (including phenoxy) is 2. The van der Waals surface area contributed by atoms with Crippen LogP contribution < -0.4 is 10.1 Å². The van der Waals surface area contributed by atoms with Crippen LogP contribution in [0.5, 0.6) is 11.6 Å². The molecule has 0 unspecified atom stereocenters. The predicted octanol–water partition coefficient (Wildman–Crippen LogP) is 5.71. The van der Waals surface area contributed by atoms with E-state index in [1.807, 2.05) is 12.1 Å². The van der Waals surface area contributed by atoms with Crippen molar-refractivity contribution < 1.29 is 19.1 Å². The van der Waals surface area contributed by atoms with E-state index < -0.39 is 5.97 Å². The number of nitrogens with zero attached hydrogens (tertiary/aromatic N) is 2. The molecule has 0 radical (unpaired) electrons. The summed E-state index contributed by atoms with van der Waals surface area (Å²) in [6.45, 7) is 0. The van der Waals surface area contributed by atoms with Crippen molar-refractivity contribution in [2.45, 2.75) is 0 Å². The Balaban J connectivity index is 1.48. The molecule has 7 nitrogen and oxygen atoms in total. The second-order valence-corrected chi connectivity index (χ2v) is 7.69. The van der Waals surface area contributed by atoms with Gasteiger partial charge in [0.1, 0.15) is 11.4 Å². The van der Waals surface area contributed by atoms with Crippen LogP contribution in [-0.2, 0) is 11.8 Å². The van der Waals surface area contributed by atoms with Crippen LogP contribution in [0.1, 0.15) is 20.8 Å². The van der Waals surface area contributed by atoms with Crippen LogP contribution in [0.15, 0.2) is 60.8 Å². The highest BCUT2D eigenvalue weighted by Crippen LogP contribution is 2.28. The molecule has 162 valence electrons. The standard InChI is InChI=1S/C23H17Cl2N3O4/c1-28-19-11-16(6-3-13(19)10-20(28)23(30)31-2)32-21-8-5-15(12-26-21)27-22(29)14-4-7-17(24)18(25)9-14/h3-12H,1-2H3,(H,27,29). The van der Waals surface area contributed by atoms with Crippen LogP contribution in [0.25, 0.3) is 10.9 Å². The van der Waals surface area contributed by atoms with E-state index >= 15 is 0 Å². The Bertz CT molecular complexity index is 1330. The summed E-state index contributed by atoms with van der Waals surface area (Å²) in [5.41, 5.74) is 2.13. The van der Waals surface area contributed by atoms with Crippen LogP contribution in [0.3, 0.4) is 0 Å². The smallest absolute Gasteiger partial charge is 0.354 e. The van der Waals surface area contributed by atoms with Gasteiger partial charge in [0.25, 0.3) is 5.91 Å². The first-order valence-corrected chi connectivity index (χ1v) is 10.2. The Kier molecular flexibility index (Phi) is 6.03. The number of carbonyl (C=O) groups is 2. The highest BCUT2D eigenvalue weighted by Gasteiger charge is 2.14. The molecule has 0 saturated carbocycles. The number of rotatable bonds is 5. The zero-order valence-corrected chi connectivity index (χ0v) is 18.6. The van der Waals surface area contributed by atoms with E-state index in [0.717, 1.165) is 10.9 Å². The van der Waals surface area contributed by atoms with Crippen molar-refractivity contribution in [3.63, 3.8) is 0 Å². The van der Waals surface area contributed by atoms with E-state index in [1.165, 1.54) is 19.4 Å². The Morgan fingerprint density at radius 1 is 1.00 bits per heavy atom. The minimum absolute atomic E-state index is 0.301. The SMILES string of the molecule is COC(=O)c1cc2ccc(Oc3ccc(NC(=O)c4ccc(Cl)c(Cl)c4)cn3)cc2n1C. The van der Waals surface area contributed by atoms with Crippen molar-refractivity contribution >= 4 is 51.7 Å². The van der Waals surface area contributed by atoms with E-state index in [0.29, 0.717) is 38.6 Å². The van der Waals surface area contributed by atoms with Crippen LogP contribution in [0, 0.1) is 0 Å². The number of aryl methyl sites for hydroxylation is 1. The summed E-state index contributed by atoms with van der Waals surface area (Å²) in [4.78, 5) is 28.5. The van der Waals surface area contributed by atoms with Crippen molar-refractivity contribution in [1.82, 2.24) is 9.55 Å². The number of anilines is 1. The number of benzene rings is 2. The Morgan fingerprint density at radius 3 is 2.50 bits per heavy atom. The molecule has 1 amide bonds. The summed E-state index contributed by atoms with van der Waals surface area (Å²) in [5, 5.41) is 4.30. The highest BCUT2D eigenvalue weighted by atomic mass is 35.5. The van der Waals surface area contributed by atoms with Gasteiger partial charge in [0.15, 0.2) is 0 Å². The van der Waals surface area contributed by atoms with Gasteiger partial charge in [-0.3, -0.25) is 4.79 Å². The first-order chi connectivity index (χ1) is 15.4. The third-order valence-electron chi connectivity index (χ3n) is 4.81. The molecule has 32 heavy (non-hydrogen) atoms. The minimum atomic E-state index is -0.411. The molecule has 0 atom stereocenters. The average Bonchev–Trinajstić information content (AvgIpc) is 3.12. The molecular weight excluding hydrogens is 453 g/mol. The van der Waals surface area contributed by atoms with Gasteiger partial charge >= 0.3 is 5.97 Å². The quantitative estimate of drug-likeness (QED) is 0.378. The molecule has 0 spiro atoms. The Morgan fingerprint density at radius 2 is 1.81 bits per heavy atom. The third-order valence-corrected chi connectivity index (χ3v) is 5.55. The monoisotopic (exact) mass is 469 g/mol. The number of nitrogens with one attached hydrogen (secondary N) is 1. The maximum absolute atomic E-state index is 12.4. The van der Waals surface area contributed by atoms with Crippen molar-refractivity contribution in [3.8, 4) is 11.6 Å². The summed E-state index contributed by atoms with van der Waals surface area (Å²) in [6, 6.07) is 15.2. The van der Waals surface area contributed by atoms with Gasteiger partial charge in [0, 0.05) is 30.1 Å². The number of methoxy groups -OCH3 is 1. The fraction of sp³-hybridized carbons (Fsp3) is 0.0870. The number of carbonyl (C=O) groups excluding carboxylic acids is 2. The molecule has 2 aromatic heterocycles. The summed E-state index contributed by atoms with van der Waals surface area (Å²) in [7, 11) is 3.12. The van der Waals surface area contributed by atoms with E-state index in [9.17, 15) is 9.59 Å². The van der Waals surface area contributed by atoms with Crippen LogP contribution in [0.4, 0.5) is 5.69 Å². The van der Waals surface area contributed by atoms with Crippen molar-refractivity contribution in [2.24, 2.45) is 7.05 Å². The summed E-state index contributed by atoms with van der Waals surface area (Å²) < 4.78 is 12.4. The van der Waals surface area contributed by atoms with Gasteiger partial charge in [-0.25, -0.2) is 9.78 Å². The van der Waals surface area contributed by atoms with Crippen LogP contribution in [-0.4, -0.2) is 28.5 Å². The number of amides is 1. The molecule has 0 aliphatic rings. The molecule has 1 N–H and O–H groups in total. The number of fused-ring (bicyclic) bond motifs is 1. The molecule has 0 saturated heterocycles. The van der Waals surface area contributed by atoms with Crippen molar-refractivity contribution in [2.75, 3.05) is 12.4 Å². The lowest BCUT2D eigenvalue weighted by atomic mass is 10.2. The molecule has 2 heterocycles. The van der Waals surface area contributed by atoms with Gasteiger partial charge in [0.2, 0.25) is 5.88 Å². The zero-order valence-electron chi connectivity index (χ0n) is 17.1. The third kappa shape index (κ3) is 4.39. The summed E-state index contributed by atoms with van der Waals surface area (Å²) in [6.07, 6.45) is 1.49. The first-order valence-electron chi connectivity index (χ1n) is 9.44. The number of esters is 1. The molecule has 4 rings (SSSR count). The number of hydrogen-bond donors (Lipinski definition) is 1. The molecule has 0 fully saturated rings. The van der Waals surface area contributed by atoms with Gasteiger partial charge in [-0.15, -0.1) is 0 Å². The molecule has 0 aliphatic carbocycles. The maximum Gasteiger partial charge on any atom is 0.354 e. The van der Waals surface area contributed by atoms with E-state index in [1.54, 1.807) is 48.0 Å². The summed E-state index contributed by atoms with van der Waals surface area (Å²) >= 11 is 11.8. The lowest BCUT2D eigenvalue weighted by Crippen LogP contribution is -2.12. The van der Waals surface area contributed by atoms with Gasteiger partial charge < -0.3 is 19.4 Å². The fourth-order valence-corrected chi connectivity index (χ4v) is 3.45. The van der Waals surface area contributed by atoms with E-state index in [4.69, 9.17) is 32.7 Å². The summed E-state index contributed by atoms with van der Waals surface area (Å²) in [5.74, 6) is 0.149. The Hall–Kier alpha value is -3.55. The molecule has 9 heteroatoms. The lowest BCUT2D eigenvalue weighted by molar-refractivity contribution is 0.0590. The molecule has 4 aromatic rings. The van der Waals surface area contributed by atoms with Gasteiger partial charge in [0.05, 0.1) is 34.6 Å². The number of halogens is 2. The van der Waals surface area contributed by atoms with Crippen LogP contribution in [0.2, 0.25) is 10.0 Å². The maximum atomic E-state index is 12.4. The topological polar surface area (TPSA) is 82.4 Å². The van der Waals surface area contributed by atoms with Gasteiger partial charge in [-0.2, -0.15) is 0 Å². The van der Waals surface area contributed by atoms with E-state index in [-0.39, 0.29) is 5.91 Å². The Labute approximate surface area is 193 Å². The van der Waals surface area contributed by atoms with Gasteiger partial charge in [-0.05, 0) is 42.5 Å². The lowest BCUT2D eigenvalue weighted by Gasteiger charge is -2.08. The van der Waals surface area contributed by atoms with Crippen molar-refractivity contribution in [3.05, 3.63) is 82.1 Å². The second-order valence-electron chi connectivity index (χ2n) is 6.87. The number of hydrogen-bond acceptors (Lipinski definition) is 5. The first kappa shape index (κ1) is 21.7. The number of aromatic nitrogens is 2. The normalized spacial score (nSPS) is 10.8. The fourth-order valence-electron chi connectivity index (χ4n) is 3.15. The minimum Gasteiger partial charge on any atom is -0.464 e. The molecule has 0 bridgehead atoms. The molecular formula is C23H17Cl2N3O4. The second kappa shape index (κ2) is 8.90. The highest BCUT2D eigenvalue weighted by molar-refractivity contribution is 6.42. The molecule has 2 aromatic carbocycles.